The van der Waals surface area contributed by atoms with E-state index in [1.54, 1.807) is 0 Å². The maximum atomic E-state index is 11.8. The van der Waals surface area contributed by atoms with Gasteiger partial charge in [-0.1, -0.05) is 15.9 Å². The van der Waals surface area contributed by atoms with Crippen LogP contribution in [0.4, 0.5) is 0 Å². The zero-order valence-corrected chi connectivity index (χ0v) is 11.8. The molecule has 96 valence electrons. The molecule has 0 atom stereocenters. The third-order valence-corrected chi connectivity index (χ3v) is 3.60. The largest absolute Gasteiger partial charge is 0.340 e. The van der Waals surface area contributed by atoms with Gasteiger partial charge in [0, 0.05) is 50.9 Å². The van der Waals surface area contributed by atoms with E-state index in [2.05, 4.69) is 26.9 Å². The molecule has 0 aromatic carbocycles. The highest BCUT2D eigenvalue weighted by Gasteiger charge is 2.19. The molecule has 0 unspecified atom stereocenters. The number of hydrogen-bond donors (Lipinski definition) is 0. The molecule has 0 aromatic heterocycles. The van der Waals surface area contributed by atoms with Crippen LogP contribution < -0.4 is 0 Å². The predicted molar refractivity (Wildman–Crippen MR) is 70.9 cm³/mol. The molecule has 0 N–H and O–H groups in total. The average molecular weight is 302 g/mol. The third-order valence-electron chi connectivity index (χ3n) is 3.04. The number of unbranched alkanes of at least 4 members (excludes halogenated alkanes) is 1. The summed E-state index contributed by atoms with van der Waals surface area (Å²) in [6.45, 7) is 4.29. The molecule has 1 aliphatic heterocycles. The van der Waals surface area contributed by atoms with Gasteiger partial charge in [0.15, 0.2) is 0 Å². The van der Waals surface area contributed by atoms with Crippen molar-refractivity contribution in [3.8, 4) is 6.07 Å². The van der Waals surface area contributed by atoms with Crippen LogP contribution in [0.1, 0.15) is 25.7 Å². The molecule has 4 nitrogen and oxygen atoms in total. The van der Waals surface area contributed by atoms with Gasteiger partial charge in [-0.3, -0.25) is 9.69 Å². The molecule has 1 saturated heterocycles. The summed E-state index contributed by atoms with van der Waals surface area (Å²) < 4.78 is 0. The second-order valence-corrected chi connectivity index (χ2v) is 5.07. The number of carbonyl (C=O) groups is 1. The van der Waals surface area contributed by atoms with E-state index in [1.165, 1.54) is 0 Å². The van der Waals surface area contributed by atoms with E-state index in [0.29, 0.717) is 12.8 Å². The van der Waals surface area contributed by atoms with Crippen LogP contribution in [0.15, 0.2) is 0 Å². The van der Waals surface area contributed by atoms with Crippen molar-refractivity contribution in [1.82, 2.24) is 9.80 Å². The molecule has 5 heteroatoms. The van der Waals surface area contributed by atoms with Crippen LogP contribution in [0.25, 0.3) is 0 Å². The van der Waals surface area contributed by atoms with Gasteiger partial charge in [0.1, 0.15) is 0 Å². The van der Waals surface area contributed by atoms with Crippen molar-refractivity contribution in [2.24, 2.45) is 0 Å². The van der Waals surface area contributed by atoms with Crippen molar-refractivity contribution in [1.29, 1.82) is 5.26 Å². The van der Waals surface area contributed by atoms with Crippen LogP contribution in [0.2, 0.25) is 0 Å². The number of nitriles is 1. The van der Waals surface area contributed by atoms with Crippen molar-refractivity contribution < 1.29 is 4.79 Å². The van der Waals surface area contributed by atoms with Crippen LogP contribution >= 0.6 is 15.9 Å². The molecule has 0 radical (unpaired) electrons. The number of hydrogen-bond acceptors (Lipinski definition) is 3. The van der Waals surface area contributed by atoms with Crippen LogP contribution in [-0.4, -0.2) is 53.8 Å². The highest BCUT2D eigenvalue weighted by atomic mass is 79.9. The lowest BCUT2D eigenvalue weighted by molar-refractivity contribution is -0.133. The Hall–Kier alpha value is -0.600. The number of amides is 1. The Balaban J connectivity index is 2.17. The van der Waals surface area contributed by atoms with E-state index in [4.69, 9.17) is 5.26 Å². The Kier molecular flexibility index (Phi) is 7.22. The van der Waals surface area contributed by atoms with Gasteiger partial charge >= 0.3 is 0 Å². The molecule has 0 saturated carbocycles. The Labute approximate surface area is 112 Å². The van der Waals surface area contributed by atoms with Gasteiger partial charge in [0.2, 0.25) is 5.91 Å². The van der Waals surface area contributed by atoms with E-state index >= 15 is 0 Å². The quantitative estimate of drug-likeness (QED) is 0.553. The minimum atomic E-state index is 0.283. The third kappa shape index (κ3) is 5.51. The minimum Gasteiger partial charge on any atom is -0.340 e. The number of nitrogens with zero attached hydrogens (tertiary/aromatic N) is 3. The Bertz CT molecular complexity index is 269. The molecule has 17 heavy (non-hydrogen) atoms. The summed E-state index contributed by atoms with van der Waals surface area (Å²) in [5, 5.41) is 9.49. The second-order valence-electron chi connectivity index (χ2n) is 4.28. The predicted octanol–water partition coefficient (Wildman–Crippen LogP) is 1.61. The number of carbonyl (C=O) groups excluding carboxylic acids is 1. The number of halogens is 1. The van der Waals surface area contributed by atoms with Crippen molar-refractivity contribution >= 4 is 21.8 Å². The van der Waals surface area contributed by atoms with Crippen molar-refractivity contribution in [2.75, 3.05) is 38.1 Å². The molecule has 0 aliphatic carbocycles. The summed E-state index contributed by atoms with van der Waals surface area (Å²) in [4.78, 5) is 16.0. The molecular weight excluding hydrogens is 282 g/mol. The number of rotatable bonds is 6. The lowest BCUT2D eigenvalue weighted by atomic mass is 10.2. The normalized spacial score (nSPS) is 16.8. The van der Waals surface area contributed by atoms with Crippen molar-refractivity contribution in [2.45, 2.75) is 25.7 Å². The molecule has 0 spiro atoms. The first-order chi connectivity index (χ1) is 8.27. The molecule has 1 rings (SSSR count). The summed E-state index contributed by atoms with van der Waals surface area (Å²) >= 11 is 3.37. The van der Waals surface area contributed by atoms with Crippen molar-refractivity contribution in [3.05, 3.63) is 0 Å². The summed E-state index contributed by atoms with van der Waals surface area (Å²) in [5.74, 6) is 0.283. The van der Waals surface area contributed by atoms with E-state index in [9.17, 15) is 4.79 Å². The molecule has 1 aliphatic rings. The van der Waals surface area contributed by atoms with Crippen LogP contribution in [0.5, 0.6) is 0 Å². The Morgan fingerprint density at radius 1 is 1.24 bits per heavy atom. The zero-order valence-electron chi connectivity index (χ0n) is 10.2. The average Bonchev–Trinajstić information content (AvgIpc) is 2.37. The summed E-state index contributed by atoms with van der Waals surface area (Å²) in [6, 6.07) is 2.16. The lowest BCUT2D eigenvalue weighted by Gasteiger charge is -2.34. The minimum absolute atomic E-state index is 0.283. The fraction of sp³-hybridized carbons (Fsp3) is 0.833. The van der Waals surface area contributed by atoms with E-state index in [-0.39, 0.29) is 5.91 Å². The molecule has 1 fully saturated rings. The molecule has 0 aromatic rings. The van der Waals surface area contributed by atoms with Gasteiger partial charge in [-0.05, 0) is 12.8 Å². The monoisotopic (exact) mass is 301 g/mol. The van der Waals surface area contributed by atoms with E-state index in [1.807, 2.05) is 4.90 Å². The van der Waals surface area contributed by atoms with Gasteiger partial charge < -0.3 is 4.90 Å². The lowest BCUT2D eigenvalue weighted by Crippen LogP contribution is -2.48. The fourth-order valence-corrected chi connectivity index (χ4v) is 2.35. The van der Waals surface area contributed by atoms with Crippen LogP contribution in [0.3, 0.4) is 0 Å². The molecule has 1 amide bonds. The maximum absolute atomic E-state index is 11.8. The molecular formula is C12H20BrN3O. The Morgan fingerprint density at radius 2 is 1.94 bits per heavy atom. The van der Waals surface area contributed by atoms with Crippen molar-refractivity contribution in [3.63, 3.8) is 0 Å². The van der Waals surface area contributed by atoms with Crippen LogP contribution in [-0.2, 0) is 4.79 Å². The SMILES string of the molecule is N#CCCN1CCN(C(=O)CCCCBr)CC1. The highest BCUT2D eigenvalue weighted by Crippen LogP contribution is 2.07. The topological polar surface area (TPSA) is 47.3 Å². The van der Waals surface area contributed by atoms with E-state index < -0.39 is 0 Å². The Morgan fingerprint density at radius 3 is 2.53 bits per heavy atom. The smallest absolute Gasteiger partial charge is 0.222 e. The zero-order chi connectivity index (χ0) is 12.5. The first-order valence-corrected chi connectivity index (χ1v) is 7.33. The van der Waals surface area contributed by atoms with Gasteiger partial charge in [-0.2, -0.15) is 5.26 Å². The van der Waals surface area contributed by atoms with Gasteiger partial charge in [0.25, 0.3) is 0 Å². The van der Waals surface area contributed by atoms with Gasteiger partial charge in [0.05, 0.1) is 6.07 Å². The highest BCUT2D eigenvalue weighted by molar-refractivity contribution is 9.09. The summed E-state index contributed by atoms with van der Waals surface area (Å²) in [7, 11) is 0. The maximum Gasteiger partial charge on any atom is 0.222 e. The first-order valence-electron chi connectivity index (χ1n) is 6.21. The second kappa shape index (κ2) is 8.48. The number of piperazine rings is 1. The number of alkyl halides is 1. The first kappa shape index (κ1) is 14.5. The van der Waals surface area contributed by atoms with Gasteiger partial charge in [-0.15, -0.1) is 0 Å². The van der Waals surface area contributed by atoms with E-state index in [0.717, 1.165) is 50.9 Å². The standard InChI is InChI=1S/C12H20BrN3O/c13-5-2-1-4-12(17)16-10-8-15(9-11-16)7-3-6-14/h1-5,7-11H2. The van der Waals surface area contributed by atoms with Gasteiger partial charge in [-0.25, -0.2) is 0 Å². The summed E-state index contributed by atoms with van der Waals surface area (Å²) in [5.41, 5.74) is 0. The molecule has 0 bridgehead atoms. The fourth-order valence-electron chi connectivity index (χ4n) is 1.96. The molecule has 1 heterocycles. The summed E-state index contributed by atoms with van der Waals surface area (Å²) in [6.07, 6.45) is 3.29. The van der Waals surface area contributed by atoms with Crippen LogP contribution in [0, 0.1) is 11.3 Å².